The first-order valence-electron chi connectivity index (χ1n) is 5.70. The van der Waals surface area contributed by atoms with Gasteiger partial charge in [0, 0.05) is 6.04 Å². The summed E-state index contributed by atoms with van der Waals surface area (Å²) in [6.07, 6.45) is 0. The van der Waals surface area contributed by atoms with E-state index in [1.54, 1.807) is 6.07 Å². The molecular weight excluding hydrogens is 213 g/mol. The topological polar surface area (TPSA) is 26.0 Å². The molecule has 0 spiro atoms. The average molecular weight is 229 g/mol. The first kappa shape index (κ1) is 11.8. The van der Waals surface area contributed by atoms with Gasteiger partial charge < -0.3 is 5.73 Å². The molecule has 2 N–H and O–H groups in total. The van der Waals surface area contributed by atoms with Crippen molar-refractivity contribution in [1.29, 1.82) is 0 Å². The number of rotatable bonds is 2. The molecule has 0 saturated heterocycles. The van der Waals surface area contributed by atoms with Crippen molar-refractivity contribution < 1.29 is 4.39 Å². The second-order valence-corrected chi connectivity index (χ2v) is 4.37. The minimum atomic E-state index is -0.196. The Hall–Kier alpha value is -1.67. The highest BCUT2D eigenvalue weighted by Crippen LogP contribution is 2.25. The van der Waals surface area contributed by atoms with E-state index < -0.39 is 0 Å². The van der Waals surface area contributed by atoms with Gasteiger partial charge in [0.05, 0.1) is 0 Å². The van der Waals surface area contributed by atoms with Gasteiger partial charge in [0.15, 0.2) is 0 Å². The molecule has 0 bridgehead atoms. The summed E-state index contributed by atoms with van der Waals surface area (Å²) in [6, 6.07) is 13.0. The van der Waals surface area contributed by atoms with Gasteiger partial charge in [-0.3, -0.25) is 0 Å². The molecule has 0 aliphatic rings. The van der Waals surface area contributed by atoms with Gasteiger partial charge in [0.25, 0.3) is 0 Å². The summed E-state index contributed by atoms with van der Waals surface area (Å²) in [6.45, 7) is 3.87. The third-order valence-corrected chi connectivity index (χ3v) is 2.94. The van der Waals surface area contributed by atoms with E-state index in [0.717, 1.165) is 22.3 Å². The fourth-order valence-corrected chi connectivity index (χ4v) is 1.92. The number of halogens is 1. The van der Waals surface area contributed by atoms with Crippen molar-refractivity contribution >= 4 is 0 Å². The van der Waals surface area contributed by atoms with Crippen LogP contribution in [0.25, 0.3) is 11.1 Å². The van der Waals surface area contributed by atoms with E-state index in [1.165, 1.54) is 6.07 Å². The molecule has 0 amide bonds. The van der Waals surface area contributed by atoms with Crippen molar-refractivity contribution in [2.24, 2.45) is 5.73 Å². The molecule has 1 atom stereocenters. The van der Waals surface area contributed by atoms with Crippen LogP contribution in [0.2, 0.25) is 0 Å². The molecule has 17 heavy (non-hydrogen) atoms. The van der Waals surface area contributed by atoms with E-state index in [1.807, 2.05) is 44.2 Å². The summed E-state index contributed by atoms with van der Waals surface area (Å²) >= 11 is 0. The van der Waals surface area contributed by atoms with Crippen LogP contribution in [0.3, 0.4) is 0 Å². The van der Waals surface area contributed by atoms with Crippen molar-refractivity contribution in [3.05, 3.63) is 59.4 Å². The lowest BCUT2D eigenvalue weighted by Gasteiger charge is -2.09. The van der Waals surface area contributed by atoms with Crippen molar-refractivity contribution in [1.82, 2.24) is 0 Å². The molecule has 0 saturated carbocycles. The smallest absolute Gasteiger partial charge is 0.123 e. The lowest BCUT2D eigenvalue weighted by molar-refractivity contribution is 0.627. The van der Waals surface area contributed by atoms with Crippen molar-refractivity contribution in [2.45, 2.75) is 19.9 Å². The monoisotopic (exact) mass is 229 g/mol. The Morgan fingerprint density at radius 1 is 1.06 bits per heavy atom. The van der Waals surface area contributed by atoms with Gasteiger partial charge in [-0.2, -0.15) is 0 Å². The number of hydrogen-bond acceptors (Lipinski definition) is 1. The highest BCUT2D eigenvalue weighted by Gasteiger charge is 2.04. The Morgan fingerprint density at radius 2 is 1.71 bits per heavy atom. The van der Waals surface area contributed by atoms with Crippen LogP contribution < -0.4 is 5.73 Å². The summed E-state index contributed by atoms with van der Waals surface area (Å²) < 4.78 is 13.0. The van der Waals surface area contributed by atoms with Crippen LogP contribution in [-0.2, 0) is 0 Å². The molecule has 0 fully saturated rings. The summed E-state index contributed by atoms with van der Waals surface area (Å²) in [5.41, 5.74) is 10.00. The summed E-state index contributed by atoms with van der Waals surface area (Å²) in [7, 11) is 0. The molecule has 0 heterocycles. The normalized spacial score (nSPS) is 12.5. The molecule has 2 rings (SSSR count). The molecule has 0 aromatic heterocycles. The van der Waals surface area contributed by atoms with Gasteiger partial charge in [0.2, 0.25) is 0 Å². The molecule has 1 unspecified atom stereocenters. The molecule has 2 heteroatoms. The molecule has 0 aliphatic carbocycles. The Labute approximate surface area is 101 Å². The van der Waals surface area contributed by atoms with Crippen LogP contribution >= 0.6 is 0 Å². The lowest BCUT2D eigenvalue weighted by Crippen LogP contribution is -2.04. The van der Waals surface area contributed by atoms with Gasteiger partial charge in [-0.15, -0.1) is 0 Å². The Morgan fingerprint density at radius 3 is 2.24 bits per heavy atom. The van der Waals surface area contributed by atoms with E-state index in [4.69, 9.17) is 5.73 Å². The zero-order chi connectivity index (χ0) is 12.4. The molecular formula is C15H16FN. The Kier molecular flexibility index (Phi) is 3.25. The predicted molar refractivity (Wildman–Crippen MR) is 69.2 cm³/mol. The molecule has 88 valence electrons. The molecule has 2 aromatic rings. The lowest BCUT2D eigenvalue weighted by atomic mass is 9.98. The standard InChI is InChI=1S/C15H16FN/c1-10-9-14(16)7-8-15(10)13-5-3-12(4-6-13)11(2)17/h3-9,11H,17H2,1-2H3. The second kappa shape index (κ2) is 4.68. The zero-order valence-electron chi connectivity index (χ0n) is 10.1. The van der Waals surface area contributed by atoms with Crippen LogP contribution in [0, 0.1) is 12.7 Å². The van der Waals surface area contributed by atoms with E-state index in [-0.39, 0.29) is 11.9 Å². The highest BCUT2D eigenvalue weighted by molar-refractivity contribution is 5.67. The van der Waals surface area contributed by atoms with Crippen molar-refractivity contribution in [3.8, 4) is 11.1 Å². The average Bonchev–Trinajstić information content (AvgIpc) is 2.29. The van der Waals surface area contributed by atoms with Gasteiger partial charge in [-0.1, -0.05) is 30.3 Å². The number of aryl methyl sites for hydroxylation is 1. The summed E-state index contributed by atoms with van der Waals surface area (Å²) in [5.74, 6) is -0.196. The van der Waals surface area contributed by atoms with Gasteiger partial charge in [-0.25, -0.2) is 4.39 Å². The quantitative estimate of drug-likeness (QED) is 0.832. The maximum atomic E-state index is 13.0. The fourth-order valence-electron chi connectivity index (χ4n) is 1.92. The molecule has 0 aliphatic heterocycles. The minimum Gasteiger partial charge on any atom is -0.324 e. The maximum Gasteiger partial charge on any atom is 0.123 e. The number of nitrogens with two attached hydrogens (primary N) is 1. The zero-order valence-corrected chi connectivity index (χ0v) is 10.1. The third-order valence-electron chi connectivity index (χ3n) is 2.94. The van der Waals surface area contributed by atoms with Crippen LogP contribution in [-0.4, -0.2) is 0 Å². The molecule has 1 nitrogen and oxygen atoms in total. The Bertz CT molecular complexity index is 515. The molecule has 2 aromatic carbocycles. The predicted octanol–water partition coefficient (Wildman–Crippen LogP) is 3.82. The largest absolute Gasteiger partial charge is 0.324 e. The van der Waals surface area contributed by atoms with Gasteiger partial charge in [-0.05, 0) is 48.2 Å². The first-order valence-corrected chi connectivity index (χ1v) is 5.70. The maximum absolute atomic E-state index is 13.0. The SMILES string of the molecule is Cc1cc(F)ccc1-c1ccc(C(C)N)cc1. The molecule has 0 radical (unpaired) electrons. The highest BCUT2D eigenvalue weighted by atomic mass is 19.1. The van der Waals surface area contributed by atoms with Crippen LogP contribution in [0.15, 0.2) is 42.5 Å². The minimum absolute atomic E-state index is 0.0402. The first-order chi connectivity index (χ1) is 8.08. The summed E-state index contributed by atoms with van der Waals surface area (Å²) in [4.78, 5) is 0. The van der Waals surface area contributed by atoms with E-state index in [2.05, 4.69) is 0 Å². The van der Waals surface area contributed by atoms with Crippen LogP contribution in [0.5, 0.6) is 0 Å². The fraction of sp³-hybridized carbons (Fsp3) is 0.200. The van der Waals surface area contributed by atoms with Gasteiger partial charge >= 0.3 is 0 Å². The number of hydrogen-bond donors (Lipinski definition) is 1. The van der Waals surface area contributed by atoms with Crippen molar-refractivity contribution in [3.63, 3.8) is 0 Å². The third kappa shape index (κ3) is 2.53. The van der Waals surface area contributed by atoms with Crippen LogP contribution in [0.1, 0.15) is 24.1 Å². The van der Waals surface area contributed by atoms with E-state index in [0.29, 0.717) is 0 Å². The van der Waals surface area contributed by atoms with Crippen LogP contribution in [0.4, 0.5) is 4.39 Å². The Balaban J connectivity index is 2.40. The number of benzene rings is 2. The second-order valence-electron chi connectivity index (χ2n) is 4.37. The van der Waals surface area contributed by atoms with Gasteiger partial charge in [0.1, 0.15) is 5.82 Å². The van der Waals surface area contributed by atoms with E-state index >= 15 is 0 Å². The van der Waals surface area contributed by atoms with Crippen molar-refractivity contribution in [2.75, 3.05) is 0 Å². The van der Waals surface area contributed by atoms with E-state index in [9.17, 15) is 4.39 Å². The summed E-state index contributed by atoms with van der Waals surface area (Å²) in [5, 5.41) is 0.